The van der Waals surface area contributed by atoms with Crippen LogP contribution in [-0.2, 0) is 35.4 Å². The lowest BCUT2D eigenvalue weighted by Gasteiger charge is -2.19. The summed E-state index contributed by atoms with van der Waals surface area (Å²) in [6, 6.07) is 16.5. The highest BCUT2D eigenvalue weighted by Crippen LogP contribution is 2.45. The van der Waals surface area contributed by atoms with Crippen molar-refractivity contribution in [2.24, 2.45) is 0 Å². The van der Waals surface area contributed by atoms with Gasteiger partial charge in [0, 0.05) is 44.2 Å². The number of thiocarbonyl (C=S) groups is 1. The smallest absolute Gasteiger partial charge is 0.407 e. The molecule has 1 aliphatic heterocycles. The van der Waals surface area contributed by atoms with Gasteiger partial charge < -0.3 is 34.3 Å². The van der Waals surface area contributed by atoms with Crippen molar-refractivity contribution in [3.63, 3.8) is 0 Å². The number of fused-ring (bicyclic) bond motifs is 4. The predicted molar refractivity (Wildman–Crippen MR) is 205 cm³/mol. The van der Waals surface area contributed by atoms with E-state index in [-0.39, 0.29) is 28.1 Å². The van der Waals surface area contributed by atoms with Gasteiger partial charge in [0.25, 0.3) is 10.0 Å². The second kappa shape index (κ2) is 17.8. The highest BCUT2D eigenvalue weighted by atomic mass is 32.2. The minimum Gasteiger partial charge on any atom is -0.487 e. The molecule has 3 aromatic rings. The van der Waals surface area contributed by atoms with E-state index in [9.17, 15) is 13.2 Å². The molecule has 282 valence electrons. The Morgan fingerprint density at radius 1 is 0.808 bits per heavy atom. The molecule has 0 unspecified atom stereocenters. The zero-order valence-corrected chi connectivity index (χ0v) is 32.4. The number of benzene rings is 3. The third kappa shape index (κ3) is 9.81. The molecule has 3 aromatic carbocycles. The van der Waals surface area contributed by atoms with E-state index in [1.807, 2.05) is 52.0 Å². The number of sulfonamides is 1. The molecule has 0 fully saturated rings. The highest BCUT2D eigenvalue weighted by molar-refractivity contribution is 7.92. The Morgan fingerprint density at radius 2 is 1.35 bits per heavy atom. The molecule has 1 heterocycles. The second-order valence-corrected chi connectivity index (χ2v) is 15.7. The fourth-order valence-electron chi connectivity index (χ4n) is 6.79. The van der Waals surface area contributed by atoms with Gasteiger partial charge in [-0.1, -0.05) is 48.5 Å². The van der Waals surface area contributed by atoms with E-state index >= 15 is 0 Å². The topological polar surface area (TPSA) is 133 Å². The van der Waals surface area contributed by atoms with Crippen LogP contribution in [0.25, 0.3) is 11.1 Å². The van der Waals surface area contributed by atoms with Crippen molar-refractivity contribution in [1.82, 2.24) is 15.4 Å². The van der Waals surface area contributed by atoms with E-state index in [2.05, 4.69) is 39.6 Å². The number of amides is 1. The van der Waals surface area contributed by atoms with Gasteiger partial charge in [-0.3, -0.25) is 4.72 Å². The average Bonchev–Trinajstić information content (AvgIpc) is 3.61. The number of ether oxygens (including phenoxy) is 5. The molecule has 0 saturated heterocycles. The molecule has 1 aliphatic carbocycles. The summed E-state index contributed by atoms with van der Waals surface area (Å²) in [6.07, 6.45) is 1.51. The van der Waals surface area contributed by atoms with Crippen molar-refractivity contribution in [3.8, 4) is 16.9 Å². The van der Waals surface area contributed by atoms with Crippen molar-refractivity contribution in [2.45, 2.75) is 70.3 Å². The molecule has 13 heteroatoms. The van der Waals surface area contributed by atoms with Gasteiger partial charge in [-0.15, -0.1) is 0 Å². The first kappa shape index (κ1) is 39.5. The molecule has 3 N–H and O–H groups in total. The molecule has 0 radical (unpaired) electrons. The van der Waals surface area contributed by atoms with Gasteiger partial charge >= 0.3 is 6.09 Å². The fraction of sp³-hybridized carbons (Fsp3) is 0.487. The highest BCUT2D eigenvalue weighted by Gasteiger charge is 2.37. The summed E-state index contributed by atoms with van der Waals surface area (Å²) in [4.78, 5) is 12.6. The van der Waals surface area contributed by atoms with Crippen molar-refractivity contribution >= 4 is 33.4 Å². The maximum Gasteiger partial charge on any atom is 0.407 e. The van der Waals surface area contributed by atoms with Crippen molar-refractivity contribution in [3.05, 3.63) is 81.9 Å². The van der Waals surface area contributed by atoms with Gasteiger partial charge in [-0.2, -0.15) is 0 Å². The average molecular weight is 754 g/mol. The summed E-state index contributed by atoms with van der Waals surface area (Å²) in [6.45, 7) is 13.4. The van der Waals surface area contributed by atoms with Crippen LogP contribution in [-0.4, -0.2) is 84.6 Å². The lowest BCUT2D eigenvalue weighted by molar-refractivity contribution is 0.0139. The van der Waals surface area contributed by atoms with Gasteiger partial charge in [0.15, 0.2) is 5.11 Å². The minimum absolute atomic E-state index is 0.0354. The van der Waals surface area contributed by atoms with Crippen LogP contribution in [0.1, 0.15) is 66.0 Å². The number of hydrogen-bond acceptors (Lipinski definition) is 9. The van der Waals surface area contributed by atoms with Crippen LogP contribution in [0, 0.1) is 20.8 Å². The molecule has 2 aliphatic rings. The Hall–Kier alpha value is -3.75. The number of carbonyl (C=O) groups excluding carboxylic acids is 1. The molecular weight excluding hydrogens is 703 g/mol. The number of hydrogen-bond donors (Lipinski definition) is 3. The first-order valence-corrected chi connectivity index (χ1v) is 19.7. The van der Waals surface area contributed by atoms with Crippen molar-refractivity contribution < 1.29 is 36.9 Å². The molecular formula is C39H51N3O8S2. The van der Waals surface area contributed by atoms with Crippen molar-refractivity contribution in [2.75, 3.05) is 59.3 Å². The van der Waals surface area contributed by atoms with Gasteiger partial charge in [0.2, 0.25) is 0 Å². The molecule has 0 bridgehead atoms. The zero-order chi connectivity index (χ0) is 37.3. The third-order valence-electron chi connectivity index (χ3n) is 9.36. The van der Waals surface area contributed by atoms with Gasteiger partial charge in [0.1, 0.15) is 18.0 Å². The van der Waals surface area contributed by atoms with Gasteiger partial charge in [-0.25, -0.2) is 13.2 Å². The molecule has 1 amide bonds. The molecule has 0 aromatic heterocycles. The van der Waals surface area contributed by atoms with Gasteiger partial charge in [-0.05, 0) is 98.6 Å². The lowest BCUT2D eigenvalue weighted by atomic mass is 9.94. The number of rotatable bonds is 18. The van der Waals surface area contributed by atoms with E-state index in [1.165, 1.54) is 22.3 Å². The first-order valence-electron chi connectivity index (χ1n) is 17.8. The Morgan fingerprint density at radius 3 is 1.94 bits per heavy atom. The first-order chi connectivity index (χ1) is 24.9. The van der Waals surface area contributed by atoms with E-state index < -0.39 is 16.1 Å². The van der Waals surface area contributed by atoms with E-state index in [1.54, 1.807) is 6.92 Å². The van der Waals surface area contributed by atoms with Gasteiger partial charge in [0.05, 0.1) is 31.3 Å². The van der Waals surface area contributed by atoms with E-state index in [0.717, 1.165) is 16.9 Å². The third-order valence-corrected chi connectivity index (χ3v) is 11.4. The summed E-state index contributed by atoms with van der Waals surface area (Å²) in [5.41, 5.74) is 7.50. The Bertz CT molecular complexity index is 1800. The Kier molecular flexibility index (Phi) is 13.5. The predicted octanol–water partition coefficient (Wildman–Crippen LogP) is 5.85. The van der Waals surface area contributed by atoms with Crippen LogP contribution >= 0.6 is 12.2 Å². The number of nitrogens with one attached hydrogen (secondary N) is 3. The molecule has 0 atom stereocenters. The zero-order valence-electron chi connectivity index (χ0n) is 30.8. The quantitative estimate of drug-likeness (QED) is 0.107. The Balaban J connectivity index is 0.851. The lowest BCUT2D eigenvalue weighted by Crippen LogP contribution is -2.40. The fourth-order valence-corrected chi connectivity index (χ4v) is 8.72. The summed E-state index contributed by atoms with van der Waals surface area (Å²) < 4.78 is 57.6. The Labute approximate surface area is 313 Å². The standard InChI is InChI=1S/C39H51N3O8S2/c1-26-27(2)36(28(3)33-24-39(4,5)50-35(26)33)52(44,45)42-37(51)40-16-10-18-46-20-22-48-23-21-47-19-11-17-41-38(43)49-25-34-31-14-8-6-12-29(31)30-13-7-9-15-32(30)34/h6-9,12-15,34H,10-11,16-25H2,1-5H3,(H,41,43)(H2,40,42,51). The van der Waals surface area contributed by atoms with Crippen LogP contribution in [0.3, 0.4) is 0 Å². The number of alkyl carbamates (subject to hydrolysis) is 1. The summed E-state index contributed by atoms with van der Waals surface area (Å²) in [5.74, 6) is 0.821. The minimum atomic E-state index is -3.88. The van der Waals surface area contributed by atoms with Crippen LogP contribution in [0.2, 0.25) is 0 Å². The summed E-state index contributed by atoms with van der Waals surface area (Å²) in [7, 11) is -3.88. The van der Waals surface area contributed by atoms with Crippen LogP contribution < -0.4 is 20.1 Å². The largest absolute Gasteiger partial charge is 0.487 e. The summed E-state index contributed by atoms with van der Waals surface area (Å²) in [5, 5.41) is 5.80. The number of carbonyl (C=O) groups is 1. The van der Waals surface area contributed by atoms with Crippen LogP contribution in [0.15, 0.2) is 53.4 Å². The maximum absolute atomic E-state index is 13.3. The summed E-state index contributed by atoms with van der Waals surface area (Å²) >= 11 is 5.29. The molecule has 5 rings (SSSR count). The van der Waals surface area contributed by atoms with Crippen LogP contribution in [0.5, 0.6) is 5.75 Å². The van der Waals surface area contributed by atoms with Crippen molar-refractivity contribution in [1.29, 1.82) is 0 Å². The SMILES string of the molecule is Cc1c(C)c(S(=O)(=O)NC(=S)NCCCOCCOCCOCCCNC(=O)OCC2c3ccccc3-c3ccccc32)c(C)c2c1OC(C)(C)C2. The van der Waals surface area contributed by atoms with Crippen LogP contribution in [0.4, 0.5) is 4.79 Å². The molecule has 0 saturated carbocycles. The molecule has 0 spiro atoms. The monoisotopic (exact) mass is 753 g/mol. The van der Waals surface area contributed by atoms with E-state index in [4.69, 9.17) is 35.9 Å². The maximum atomic E-state index is 13.3. The molecule has 11 nitrogen and oxygen atoms in total. The molecule has 52 heavy (non-hydrogen) atoms. The van der Waals surface area contributed by atoms with E-state index in [0.29, 0.717) is 83.1 Å². The second-order valence-electron chi connectivity index (χ2n) is 13.7. The normalized spacial score (nSPS) is 14.2.